The lowest BCUT2D eigenvalue weighted by atomic mass is 9.81. The first kappa shape index (κ1) is 22.0. The summed E-state index contributed by atoms with van der Waals surface area (Å²) >= 11 is 0. The van der Waals surface area contributed by atoms with Crippen molar-refractivity contribution >= 4 is 15.8 Å². The molecule has 13 heteroatoms. The van der Waals surface area contributed by atoms with E-state index in [-0.39, 0.29) is 18.7 Å². The van der Waals surface area contributed by atoms with E-state index in [0.717, 1.165) is 6.33 Å². The Morgan fingerprint density at radius 2 is 1.97 bits per heavy atom. The average Bonchev–Trinajstić information content (AvgIpc) is 3.21. The molecular formula is C19H17F4N5O3S. The van der Waals surface area contributed by atoms with Crippen LogP contribution in [0.4, 0.5) is 23.4 Å². The van der Waals surface area contributed by atoms with Crippen molar-refractivity contribution in [3.63, 3.8) is 0 Å². The second-order valence-corrected chi connectivity index (χ2v) is 8.93. The fourth-order valence-electron chi connectivity index (χ4n) is 3.64. The molecule has 0 radical (unpaired) electrons. The van der Waals surface area contributed by atoms with Crippen molar-refractivity contribution in [1.82, 2.24) is 20.2 Å². The lowest BCUT2D eigenvalue weighted by molar-refractivity contribution is -0.0773. The third-order valence-electron chi connectivity index (χ3n) is 5.07. The lowest BCUT2D eigenvalue weighted by Crippen LogP contribution is -2.38. The fraction of sp³-hybridized carbons (Fsp3) is 0.316. The zero-order valence-corrected chi connectivity index (χ0v) is 17.1. The molecule has 0 aliphatic heterocycles. The third kappa shape index (κ3) is 4.66. The summed E-state index contributed by atoms with van der Waals surface area (Å²) in [5, 5.41) is 6.40. The number of ether oxygens (including phenoxy) is 1. The minimum Gasteiger partial charge on any atom is -0.489 e. The Balaban J connectivity index is 1.61. The number of hydrogen-bond acceptors (Lipinski definition) is 6. The maximum absolute atomic E-state index is 14.7. The first-order valence-electron chi connectivity index (χ1n) is 9.46. The van der Waals surface area contributed by atoms with E-state index in [1.807, 2.05) is 4.72 Å². The molecule has 1 aliphatic carbocycles. The normalized spacial score (nSPS) is 20.6. The molecule has 3 aromatic rings. The molecule has 8 nitrogen and oxygen atoms in total. The highest BCUT2D eigenvalue weighted by atomic mass is 32.2. The predicted octanol–water partition coefficient (Wildman–Crippen LogP) is 3.63. The van der Waals surface area contributed by atoms with E-state index in [2.05, 4.69) is 20.2 Å². The zero-order valence-electron chi connectivity index (χ0n) is 16.3. The highest BCUT2D eigenvalue weighted by Crippen LogP contribution is 2.43. The molecule has 0 bridgehead atoms. The summed E-state index contributed by atoms with van der Waals surface area (Å²) in [6, 6.07) is 2.50. The van der Waals surface area contributed by atoms with Gasteiger partial charge in [-0.3, -0.25) is 9.82 Å². The van der Waals surface area contributed by atoms with Crippen LogP contribution < -0.4 is 9.46 Å². The summed E-state index contributed by atoms with van der Waals surface area (Å²) < 4.78 is 89.7. The molecule has 4 rings (SSSR count). The largest absolute Gasteiger partial charge is 0.489 e. The van der Waals surface area contributed by atoms with Gasteiger partial charge in [0.15, 0.2) is 4.90 Å². The van der Waals surface area contributed by atoms with Crippen LogP contribution in [0.5, 0.6) is 5.75 Å². The molecule has 1 fully saturated rings. The van der Waals surface area contributed by atoms with E-state index in [1.54, 1.807) is 6.20 Å². The van der Waals surface area contributed by atoms with Gasteiger partial charge in [-0.1, -0.05) is 0 Å². The molecule has 0 spiro atoms. The number of aromatic amines is 1. The Morgan fingerprint density at radius 3 is 2.59 bits per heavy atom. The van der Waals surface area contributed by atoms with Crippen LogP contribution in [0.25, 0.3) is 0 Å². The Bertz CT molecular complexity index is 1170. The number of anilines is 1. The second kappa shape index (κ2) is 8.37. The number of halogens is 4. The van der Waals surface area contributed by atoms with Crippen LogP contribution in [0, 0.1) is 11.6 Å². The summed E-state index contributed by atoms with van der Waals surface area (Å²) in [5.41, 5.74) is 0.625. The fourth-order valence-corrected chi connectivity index (χ4v) is 4.77. The monoisotopic (exact) mass is 471 g/mol. The maximum atomic E-state index is 14.7. The summed E-state index contributed by atoms with van der Waals surface area (Å²) in [7, 11) is -4.67. The molecular weight excluding hydrogens is 454 g/mol. The lowest BCUT2D eigenvalue weighted by Gasteiger charge is -2.35. The van der Waals surface area contributed by atoms with Gasteiger partial charge >= 0.3 is 0 Å². The molecule has 2 heterocycles. The molecule has 2 aromatic heterocycles. The van der Waals surface area contributed by atoms with Gasteiger partial charge in [0, 0.05) is 43.3 Å². The van der Waals surface area contributed by atoms with Crippen LogP contribution in [-0.4, -0.2) is 40.6 Å². The minimum atomic E-state index is -4.67. The number of aromatic nitrogens is 4. The van der Waals surface area contributed by atoms with Crippen LogP contribution in [0.2, 0.25) is 0 Å². The van der Waals surface area contributed by atoms with Crippen molar-refractivity contribution < 1.29 is 30.7 Å². The molecule has 1 saturated carbocycles. The number of rotatable bonds is 6. The zero-order chi connectivity index (χ0) is 22.9. The Kier molecular flexibility index (Phi) is 5.75. The van der Waals surface area contributed by atoms with Crippen LogP contribution in [0.3, 0.4) is 0 Å². The summed E-state index contributed by atoms with van der Waals surface area (Å²) in [6.45, 7) is 0. The second-order valence-electron chi connectivity index (χ2n) is 7.31. The maximum Gasteiger partial charge on any atom is 0.268 e. The van der Waals surface area contributed by atoms with Crippen molar-refractivity contribution in [2.75, 3.05) is 4.72 Å². The quantitative estimate of drug-likeness (QED) is 0.532. The summed E-state index contributed by atoms with van der Waals surface area (Å²) in [6.07, 6.45) is 3.26. The van der Waals surface area contributed by atoms with E-state index in [9.17, 15) is 26.0 Å². The molecule has 1 aliphatic rings. The van der Waals surface area contributed by atoms with E-state index in [1.165, 1.54) is 18.5 Å². The van der Waals surface area contributed by atoms with Gasteiger partial charge in [-0.15, -0.1) is 0 Å². The third-order valence-corrected chi connectivity index (χ3v) is 6.47. The number of nitrogens with zero attached hydrogens (tertiary/aromatic N) is 3. The van der Waals surface area contributed by atoms with Gasteiger partial charge in [0.25, 0.3) is 15.9 Å². The molecule has 2 N–H and O–H groups in total. The SMILES string of the molecule is O=S(=O)(Nc1ccncn1)c1c(F)cc(OC2CC(F)(F)CCC2c2cn[nH]c2)cc1F. The van der Waals surface area contributed by atoms with Gasteiger partial charge in [0.05, 0.1) is 6.20 Å². The Morgan fingerprint density at radius 1 is 1.22 bits per heavy atom. The molecule has 32 heavy (non-hydrogen) atoms. The van der Waals surface area contributed by atoms with Gasteiger partial charge in [-0.25, -0.2) is 35.9 Å². The van der Waals surface area contributed by atoms with Crippen LogP contribution in [-0.2, 0) is 10.0 Å². The van der Waals surface area contributed by atoms with Crippen molar-refractivity contribution in [3.05, 3.63) is 60.3 Å². The number of benzene rings is 1. The molecule has 2 atom stereocenters. The van der Waals surface area contributed by atoms with Gasteiger partial charge < -0.3 is 4.74 Å². The number of H-pyrrole nitrogens is 1. The van der Waals surface area contributed by atoms with E-state index in [0.29, 0.717) is 17.7 Å². The smallest absolute Gasteiger partial charge is 0.268 e. The number of alkyl halides is 2. The number of nitrogens with one attached hydrogen (secondary N) is 2. The van der Waals surface area contributed by atoms with E-state index < -0.39 is 56.7 Å². The van der Waals surface area contributed by atoms with Gasteiger partial charge in [0.2, 0.25) is 0 Å². The van der Waals surface area contributed by atoms with Crippen molar-refractivity contribution in [3.8, 4) is 5.75 Å². The minimum absolute atomic E-state index is 0.0808. The first-order chi connectivity index (χ1) is 15.1. The highest BCUT2D eigenvalue weighted by molar-refractivity contribution is 7.92. The molecule has 0 amide bonds. The van der Waals surface area contributed by atoms with E-state index in [4.69, 9.17) is 4.74 Å². The standard InChI is InChI=1S/C19H17F4N5O3S/c20-14-5-12(6-15(21)18(14)32(29,30)28-17-2-4-24-10-25-17)31-16-7-19(22,23)3-1-13(16)11-8-26-27-9-11/h2,4-6,8-10,13,16H,1,3,7H2,(H,26,27)(H,24,25,28). The molecule has 0 saturated heterocycles. The Hall–Kier alpha value is -3.22. The van der Waals surface area contributed by atoms with Crippen LogP contribution >= 0.6 is 0 Å². The number of hydrogen-bond donors (Lipinski definition) is 2. The van der Waals surface area contributed by atoms with Crippen molar-refractivity contribution in [2.24, 2.45) is 0 Å². The molecule has 1 aromatic carbocycles. The van der Waals surface area contributed by atoms with Crippen LogP contribution in [0.1, 0.15) is 30.7 Å². The van der Waals surface area contributed by atoms with Gasteiger partial charge in [-0.05, 0) is 18.1 Å². The summed E-state index contributed by atoms with van der Waals surface area (Å²) in [4.78, 5) is 6.01. The van der Waals surface area contributed by atoms with E-state index >= 15 is 0 Å². The first-order valence-corrected chi connectivity index (χ1v) is 10.9. The highest BCUT2D eigenvalue weighted by Gasteiger charge is 2.43. The van der Waals surface area contributed by atoms with Crippen molar-refractivity contribution in [2.45, 2.75) is 42.1 Å². The molecule has 2 unspecified atom stereocenters. The predicted molar refractivity (Wildman–Crippen MR) is 104 cm³/mol. The topological polar surface area (TPSA) is 110 Å². The number of sulfonamides is 1. The summed E-state index contributed by atoms with van der Waals surface area (Å²) in [5.74, 6) is -6.97. The van der Waals surface area contributed by atoms with Crippen molar-refractivity contribution in [1.29, 1.82) is 0 Å². The Labute approximate surface area is 180 Å². The average molecular weight is 471 g/mol. The molecule has 170 valence electrons. The van der Waals surface area contributed by atoms with Gasteiger partial charge in [0.1, 0.15) is 35.6 Å². The van der Waals surface area contributed by atoms with Crippen LogP contribution in [0.15, 0.2) is 48.0 Å². The van der Waals surface area contributed by atoms with Gasteiger partial charge in [-0.2, -0.15) is 5.10 Å².